The number of rotatable bonds is 8. The third-order valence-electron chi connectivity index (χ3n) is 3.73. The van der Waals surface area contributed by atoms with Gasteiger partial charge >= 0.3 is 6.18 Å². The topological polar surface area (TPSA) is 123 Å². The highest BCUT2D eigenvalue weighted by molar-refractivity contribution is 7.92. The van der Waals surface area contributed by atoms with Crippen molar-refractivity contribution in [2.24, 2.45) is 0 Å². The van der Waals surface area contributed by atoms with Crippen molar-refractivity contribution in [3.63, 3.8) is 0 Å². The van der Waals surface area contributed by atoms with Crippen LogP contribution in [0.3, 0.4) is 0 Å². The van der Waals surface area contributed by atoms with Crippen LogP contribution in [0.2, 0.25) is 5.02 Å². The van der Waals surface area contributed by atoms with E-state index in [4.69, 9.17) is 16.3 Å². The Labute approximate surface area is 185 Å². The van der Waals surface area contributed by atoms with Gasteiger partial charge in [0.1, 0.15) is 17.3 Å². The minimum absolute atomic E-state index is 0.0182. The highest BCUT2D eigenvalue weighted by atomic mass is 35.5. The maximum atomic E-state index is 12.6. The molecule has 32 heavy (non-hydrogen) atoms. The fraction of sp³-hybridized carbons (Fsp3) is 0.235. The SMILES string of the molecule is COc1nn(CC(F)(F)F)cc1Nc1ncc(Cl)c(Nc2ccccc2NS(C)(=O)=O)n1. The van der Waals surface area contributed by atoms with Crippen molar-refractivity contribution in [1.82, 2.24) is 19.7 Å². The van der Waals surface area contributed by atoms with E-state index in [2.05, 4.69) is 30.4 Å². The number of hydrogen-bond donors (Lipinski definition) is 3. The second-order valence-electron chi connectivity index (χ2n) is 6.42. The van der Waals surface area contributed by atoms with Gasteiger partial charge in [-0.25, -0.2) is 13.4 Å². The van der Waals surface area contributed by atoms with E-state index in [1.807, 2.05) is 0 Å². The molecular weight excluding hydrogens is 475 g/mol. The van der Waals surface area contributed by atoms with E-state index in [9.17, 15) is 21.6 Å². The van der Waals surface area contributed by atoms with Gasteiger partial charge in [0.15, 0.2) is 5.82 Å². The maximum absolute atomic E-state index is 12.6. The van der Waals surface area contributed by atoms with E-state index in [1.165, 1.54) is 19.4 Å². The van der Waals surface area contributed by atoms with E-state index >= 15 is 0 Å². The lowest BCUT2D eigenvalue weighted by Gasteiger charge is -2.14. The molecular formula is C17H17ClF3N7O3S. The Morgan fingerprint density at radius 3 is 2.47 bits per heavy atom. The van der Waals surface area contributed by atoms with Crippen LogP contribution in [0, 0.1) is 0 Å². The minimum Gasteiger partial charge on any atom is -0.478 e. The zero-order valence-electron chi connectivity index (χ0n) is 16.6. The number of methoxy groups -OCH3 is 1. The second-order valence-corrected chi connectivity index (χ2v) is 8.58. The molecule has 3 rings (SSSR count). The monoisotopic (exact) mass is 491 g/mol. The number of nitrogens with zero attached hydrogens (tertiary/aromatic N) is 4. The Bertz CT molecular complexity index is 1220. The maximum Gasteiger partial charge on any atom is 0.408 e. The average Bonchev–Trinajstić information content (AvgIpc) is 3.04. The molecule has 1 aromatic carbocycles. The van der Waals surface area contributed by atoms with E-state index in [0.29, 0.717) is 10.4 Å². The Morgan fingerprint density at radius 2 is 1.84 bits per heavy atom. The first-order valence-corrected chi connectivity index (χ1v) is 11.0. The Hall–Kier alpha value is -3.26. The largest absolute Gasteiger partial charge is 0.478 e. The molecule has 0 fully saturated rings. The zero-order valence-corrected chi connectivity index (χ0v) is 18.2. The number of halogens is 4. The van der Waals surface area contributed by atoms with E-state index in [-0.39, 0.29) is 34.0 Å². The Balaban J connectivity index is 1.87. The van der Waals surface area contributed by atoms with Gasteiger partial charge in [0, 0.05) is 0 Å². The Morgan fingerprint density at radius 1 is 1.16 bits per heavy atom. The first kappa shape index (κ1) is 23.4. The molecule has 0 bridgehead atoms. The highest BCUT2D eigenvalue weighted by Crippen LogP contribution is 2.31. The number of nitrogens with one attached hydrogen (secondary N) is 3. The van der Waals surface area contributed by atoms with Crippen LogP contribution < -0.4 is 20.1 Å². The summed E-state index contributed by atoms with van der Waals surface area (Å²) in [6.45, 7) is -1.30. The average molecular weight is 492 g/mol. The van der Waals surface area contributed by atoms with Gasteiger partial charge in [0.2, 0.25) is 16.0 Å². The first-order valence-electron chi connectivity index (χ1n) is 8.75. The van der Waals surface area contributed by atoms with Crippen molar-refractivity contribution in [3.8, 4) is 5.88 Å². The number of anilines is 5. The predicted octanol–water partition coefficient (Wildman–Crippen LogP) is 3.76. The van der Waals surface area contributed by atoms with Crippen molar-refractivity contribution in [2.75, 3.05) is 28.7 Å². The van der Waals surface area contributed by atoms with Crippen LogP contribution in [-0.4, -0.2) is 47.7 Å². The van der Waals surface area contributed by atoms with Crippen molar-refractivity contribution >= 4 is 50.5 Å². The molecule has 2 heterocycles. The molecule has 0 unspecified atom stereocenters. The summed E-state index contributed by atoms with van der Waals surface area (Å²) in [4.78, 5) is 8.20. The van der Waals surface area contributed by atoms with Gasteiger partial charge < -0.3 is 15.4 Å². The molecule has 0 amide bonds. The van der Waals surface area contributed by atoms with Crippen LogP contribution in [0.5, 0.6) is 5.88 Å². The lowest BCUT2D eigenvalue weighted by atomic mass is 10.2. The number of sulfonamides is 1. The molecule has 0 atom stereocenters. The van der Waals surface area contributed by atoms with Crippen LogP contribution in [0.1, 0.15) is 0 Å². The summed E-state index contributed by atoms with van der Waals surface area (Å²) in [6, 6.07) is 6.45. The van der Waals surface area contributed by atoms with Crippen molar-refractivity contribution in [3.05, 3.63) is 41.7 Å². The van der Waals surface area contributed by atoms with Crippen LogP contribution >= 0.6 is 11.6 Å². The third kappa shape index (κ3) is 6.37. The zero-order chi connectivity index (χ0) is 23.5. The fourth-order valence-corrected chi connectivity index (χ4v) is 3.26. The summed E-state index contributed by atoms with van der Waals surface area (Å²) >= 11 is 6.15. The first-order chi connectivity index (χ1) is 14.9. The normalized spacial score (nSPS) is 11.8. The molecule has 0 aliphatic heterocycles. The van der Waals surface area contributed by atoms with Gasteiger partial charge in [0.25, 0.3) is 5.88 Å². The number of hydrogen-bond acceptors (Lipinski definition) is 8. The third-order valence-corrected chi connectivity index (χ3v) is 4.60. The quantitative estimate of drug-likeness (QED) is 0.435. The summed E-state index contributed by atoms with van der Waals surface area (Å²) in [5.41, 5.74) is 0.721. The molecule has 15 heteroatoms. The highest BCUT2D eigenvalue weighted by Gasteiger charge is 2.29. The number of alkyl halides is 3. The molecule has 2 aromatic heterocycles. The van der Waals surface area contributed by atoms with Gasteiger partial charge in [-0.3, -0.25) is 9.40 Å². The van der Waals surface area contributed by atoms with Gasteiger partial charge in [0.05, 0.1) is 37.1 Å². The summed E-state index contributed by atoms with van der Waals surface area (Å²) in [5.74, 6) is 0.00823. The Kier molecular flexibility index (Phi) is 6.64. The molecule has 3 N–H and O–H groups in total. The summed E-state index contributed by atoms with van der Waals surface area (Å²) in [5, 5.41) is 9.46. The molecule has 10 nitrogen and oxygen atoms in total. The van der Waals surface area contributed by atoms with Crippen molar-refractivity contribution in [1.29, 1.82) is 0 Å². The molecule has 0 aliphatic carbocycles. The molecule has 0 saturated heterocycles. The minimum atomic E-state index is -4.46. The molecule has 172 valence electrons. The molecule has 0 saturated carbocycles. The standard InChI is InChI=1S/C17H17ClF3N7O3S/c1-31-15-13(8-28(26-15)9-17(19,20)21)24-16-22-7-10(18)14(25-16)23-11-5-3-4-6-12(11)27-32(2,29)30/h3-8,27H,9H2,1-2H3,(H2,22,23,24,25). The van der Waals surface area contributed by atoms with Crippen LogP contribution in [0.4, 0.5) is 42.0 Å². The van der Waals surface area contributed by atoms with E-state index < -0.39 is 22.7 Å². The summed E-state index contributed by atoms with van der Waals surface area (Å²) < 4.78 is 69.1. The molecule has 3 aromatic rings. The van der Waals surface area contributed by atoms with Crippen molar-refractivity contribution < 1.29 is 26.3 Å². The lowest BCUT2D eigenvalue weighted by molar-refractivity contribution is -0.142. The number of aromatic nitrogens is 4. The van der Waals surface area contributed by atoms with Crippen LogP contribution in [0.15, 0.2) is 36.7 Å². The fourth-order valence-electron chi connectivity index (χ4n) is 2.55. The summed E-state index contributed by atoms with van der Waals surface area (Å²) in [7, 11) is -2.28. The number of para-hydroxylation sites is 2. The smallest absolute Gasteiger partial charge is 0.408 e. The van der Waals surface area contributed by atoms with Gasteiger partial charge in [-0.05, 0) is 12.1 Å². The van der Waals surface area contributed by atoms with Gasteiger partial charge in [-0.15, -0.1) is 5.10 Å². The second kappa shape index (κ2) is 9.08. The predicted molar refractivity (Wildman–Crippen MR) is 113 cm³/mol. The number of ether oxygens (including phenoxy) is 1. The molecule has 0 aliphatic rings. The molecule has 0 radical (unpaired) electrons. The van der Waals surface area contributed by atoms with E-state index in [1.54, 1.807) is 18.2 Å². The number of benzene rings is 1. The van der Waals surface area contributed by atoms with Crippen LogP contribution in [-0.2, 0) is 16.6 Å². The van der Waals surface area contributed by atoms with Gasteiger partial charge in [-0.1, -0.05) is 23.7 Å². The lowest BCUT2D eigenvalue weighted by Crippen LogP contribution is -2.17. The van der Waals surface area contributed by atoms with E-state index in [0.717, 1.165) is 12.5 Å². The van der Waals surface area contributed by atoms with Crippen molar-refractivity contribution in [2.45, 2.75) is 12.7 Å². The van der Waals surface area contributed by atoms with Gasteiger partial charge in [-0.2, -0.15) is 18.2 Å². The van der Waals surface area contributed by atoms with Crippen LogP contribution in [0.25, 0.3) is 0 Å². The summed E-state index contributed by atoms with van der Waals surface area (Å²) in [6.07, 6.45) is -1.09. The molecule has 0 spiro atoms.